The summed E-state index contributed by atoms with van der Waals surface area (Å²) >= 11 is 0. The third-order valence-electron chi connectivity index (χ3n) is 3.44. The lowest BCUT2D eigenvalue weighted by atomic mass is 10.0. The molecule has 5 nitrogen and oxygen atoms in total. The van der Waals surface area contributed by atoms with Gasteiger partial charge in [0.05, 0.1) is 20.2 Å². The van der Waals surface area contributed by atoms with Crippen molar-refractivity contribution in [3.8, 4) is 5.75 Å². The average molecular weight is 264 g/mol. The zero-order chi connectivity index (χ0) is 13.8. The Labute approximate surface area is 113 Å². The molecule has 0 radical (unpaired) electrons. The van der Waals surface area contributed by atoms with Crippen LogP contribution < -0.4 is 10.1 Å². The third-order valence-corrected chi connectivity index (χ3v) is 3.44. The maximum absolute atomic E-state index is 11.5. The van der Waals surface area contributed by atoms with Gasteiger partial charge in [-0.2, -0.15) is 0 Å². The molecule has 1 aliphatic heterocycles. The van der Waals surface area contributed by atoms with Crippen molar-refractivity contribution < 1.29 is 14.3 Å². The molecule has 1 aromatic carbocycles. The number of ether oxygens (including phenoxy) is 2. The number of methoxy groups -OCH3 is 1. The molecule has 19 heavy (non-hydrogen) atoms. The quantitative estimate of drug-likeness (QED) is 0.883. The van der Waals surface area contributed by atoms with Crippen LogP contribution in [0.1, 0.15) is 24.1 Å². The van der Waals surface area contributed by atoms with Crippen molar-refractivity contribution in [2.75, 3.05) is 27.3 Å². The van der Waals surface area contributed by atoms with Gasteiger partial charge >= 0.3 is 6.09 Å². The molecule has 0 aliphatic carbocycles. The first-order valence-corrected chi connectivity index (χ1v) is 6.41. The highest BCUT2D eigenvalue weighted by Gasteiger charge is 2.23. The second kappa shape index (κ2) is 5.93. The van der Waals surface area contributed by atoms with Gasteiger partial charge in [0.1, 0.15) is 12.4 Å². The zero-order valence-corrected chi connectivity index (χ0v) is 11.6. The first-order chi connectivity index (χ1) is 9.15. The van der Waals surface area contributed by atoms with Crippen LogP contribution in [0.2, 0.25) is 0 Å². The van der Waals surface area contributed by atoms with Crippen molar-refractivity contribution in [2.24, 2.45) is 0 Å². The molecule has 0 aromatic heterocycles. The van der Waals surface area contributed by atoms with E-state index in [0.29, 0.717) is 19.7 Å². The monoisotopic (exact) mass is 264 g/mol. The fourth-order valence-electron chi connectivity index (χ4n) is 2.13. The lowest BCUT2D eigenvalue weighted by Gasteiger charge is -2.18. The summed E-state index contributed by atoms with van der Waals surface area (Å²) in [6.45, 7) is 3.71. The summed E-state index contributed by atoms with van der Waals surface area (Å²) in [5, 5.41) is 3.20. The van der Waals surface area contributed by atoms with Crippen molar-refractivity contribution >= 4 is 6.09 Å². The van der Waals surface area contributed by atoms with Crippen LogP contribution >= 0.6 is 0 Å². The number of nitrogens with one attached hydrogen (secondary N) is 1. The van der Waals surface area contributed by atoms with E-state index in [4.69, 9.17) is 9.47 Å². The van der Waals surface area contributed by atoms with Gasteiger partial charge in [-0.15, -0.1) is 0 Å². The molecule has 1 aromatic rings. The van der Waals surface area contributed by atoms with Crippen LogP contribution in [0, 0.1) is 0 Å². The fraction of sp³-hybridized carbons (Fsp3) is 0.500. The summed E-state index contributed by atoms with van der Waals surface area (Å²) in [7, 11) is 3.56. The first-order valence-electron chi connectivity index (χ1n) is 6.41. The average Bonchev–Trinajstić information content (AvgIpc) is 2.83. The molecular formula is C14H20N2O3. The summed E-state index contributed by atoms with van der Waals surface area (Å²) < 4.78 is 10.3. The maximum Gasteiger partial charge on any atom is 0.410 e. The lowest BCUT2D eigenvalue weighted by Crippen LogP contribution is -2.24. The van der Waals surface area contributed by atoms with E-state index < -0.39 is 0 Å². The summed E-state index contributed by atoms with van der Waals surface area (Å²) in [5.41, 5.74) is 2.17. The standard InChI is InChI=1S/C14H20N2O3/c1-10(15-2)11-4-5-13(18-3)12(8-11)9-16-6-7-19-14(16)17/h4-5,8,10,15H,6-7,9H2,1-3H3. The molecule has 1 heterocycles. The lowest BCUT2D eigenvalue weighted by molar-refractivity contribution is 0.157. The largest absolute Gasteiger partial charge is 0.496 e. The van der Waals surface area contributed by atoms with Crippen LogP contribution in [0.3, 0.4) is 0 Å². The topological polar surface area (TPSA) is 50.8 Å². The van der Waals surface area contributed by atoms with Gasteiger partial charge in [-0.1, -0.05) is 6.07 Å². The Hall–Kier alpha value is -1.75. The number of benzene rings is 1. The molecular weight excluding hydrogens is 244 g/mol. The molecule has 104 valence electrons. The Morgan fingerprint density at radius 1 is 1.53 bits per heavy atom. The maximum atomic E-state index is 11.5. The Kier molecular flexibility index (Phi) is 4.27. The van der Waals surface area contributed by atoms with Gasteiger partial charge < -0.3 is 19.7 Å². The van der Waals surface area contributed by atoms with E-state index in [2.05, 4.69) is 18.3 Å². The number of carbonyl (C=O) groups is 1. The summed E-state index contributed by atoms with van der Waals surface area (Å²) in [6.07, 6.45) is -0.255. The summed E-state index contributed by atoms with van der Waals surface area (Å²) in [4.78, 5) is 13.2. The van der Waals surface area contributed by atoms with E-state index >= 15 is 0 Å². The predicted molar refractivity (Wildman–Crippen MR) is 72.2 cm³/mol. The minimum absolute atomic E-state index is 0.255. The zero-order valence-electron chi connectivity index (χ0n) is 11.6. The van der Waals surface area contributed by atoms with Gasteiger partial charge in [0.15, 0.2) is 0 Å². The van der Waals surface area contributed by atoms with Gasteiger partial charge in [-0.3, -0.25) is 0 Å². The molecule has 1 atom stereocenters. The smallest absolute Gasteiger partial charge is 0.410 e. The molecule has 0 bridgehead atoms. The van der Waals surface area contributed by atoms with Gasteiger partial charge in [0.2, 0.25) is 0 Å². The third kappa shape index (κ3) is 2.98. The first kappa shape index (κ1) is 13.7. The highest BCUT2D eigenvalue weighted by molar-refractivity contribution is 5.69. The second-order valence-electron chi connectivity index (χ2n) is 4.62. The number of carbonyl (C=O) groups excluding carboxylic acids is 1. The van der Waals surface area contributed by atoms with Crippen LogP contribution in [0.4, 0.5) is 4.79 Å². The molecule has 1 fully saturated rings. The Bertz CT molecular complexity index is 462. The SMILES string of the molecule is CNC(C)c1ccc(OC)c(CN2CCOC2=O)c1. The van der Waals surface area contributed by atoms with E-state index in [-0.39, 0.29) is 12.1 Å². The normalized spacial score (nSPS) is 16.4. The van der Waals surface area contributed by atoms with Crippen LogP contribution in [-0.4, -0.2) is 38.3 Å². The van der Waals surface area contributed by atoms with Crippen molar-refractivity contribution in [3.05, 3.63) is 29.3 Å². The Balaban J connectivity index is 2.23. The van der Waals surface area contributed by atoms with Crippen molar-refractivity contribution in [2.45, 2.75) is 19.5 Å². The van der Waals surface area contributed by atoms with Crippen LogP contribution in [0.5, 0.6) is 5.75 Å². The van der Waals surface area contributed by atoms with Gasteiger partial charge in [0.25, 0.3) is 0 Å². The fourth-order valence-corrected chi connectivity index (χ4v) is 2.13. The minimum atomic E-state index is -0.255. The van der Waals surface area contributed by atoms with Crippen molar-refractivity contribution in [1.29, 1.82) is 0 Å². The van der Waals surface area contributed by atoms with Crippen LogP contribution in [0.25, 0.3) is 0 Å². The molecule has 0 spiro atoms. The molecule has 5 heteroatoms. The molecule has 1 saturated heterocycles. The number of amides is 1. The minimum Gasteiger partial charge on any atom is -0.496 e. The highest BCUT2D eigenvalue weighted by Crippen LogP contribution is 2.25. The number of nitrogens with zero attached hydrogens (tertiary/aromatic N) is 1. The van der Waals surface area contributed by atoms with E-state index in [1.807, 2.05) is 19.2 Å². The molecule has 1 amide bonds. The summed E-state index contributed by atoms with van der Waals surface area (Å²) in [6, 6.07) is 6.31. The highest BCUT2D eigenvalue weighted by atomic mass is 16.6. The molecule has 1 aliphatic rings. The van der Waals surface area contributed by atoms with E-state index in [1.165, 1.54) is 5.56 Å². The van der Waals surface area contributed by atoms with Crippen LogP contribution in [-0.2, 0) is 11.3 Å². The second-order valence-corrected chi connectivity index (χ2v) is 4.62. The number of cyclic esters (lactones) is 1. The van der Waals surface area contributed by atoms with E-state index in [9.17, 15) is 4.79 Å². The number of hydrogen-bond donors (Lipinski definition) is 1. The Morgan fingerprint density at radius 2 is 2.32 bits per heavy atom. The number of rotatable bonds is 5. The Morgan fingerprint density at radius 3 is 2.89 bits per heavy atom. The van der Waals surface area contributed by atoms with E-state index in [1.54, 1.807) is 12.0 Å². The number of hydrogen-bond acceptors (Lipinski definition) is 4. The van der Waals surface area contributed by atoms with Crippen molar-refractivity contribution in [1.82, 2.24) is 10.2 Å². The summed E-state index contributed by atoms with van der Waals surface area (Å²) in [5.74, 6) is 0.798. The van der Waals surface area contributed by atoms with Gasteiger partial charge in [0, 0.05) is 11.6 Å². The predicted octanol–water partition coefficient (Wildman–Crippen LogP) is 1.93. The molecule has 2 rings (SSSR count). The molecule has 1 unspecified atom stereocenters. The van der Waals surface area contributed by atoms with Crippen molar-refractivity contribution in [3.63, 3.8) is 0 Å². The van der Waals surface area contributed by atoms with Crippen LogP contribution in [0.15, 0.2) is 18.2 Å². The molecule has 0 saturated carbocycles. The van der Waals surface area contributed by atoms with Gasteiger partial charge in [-0.25, -0.2) is 4.79 Å². The van der Waals surface area contributed by atoms with E-state index in [0.717, 1.165) is 11.3 Å². The molecule has 1 N–H and O–H groups in total. The van der Waals surface area contributed by atoms with Gasteiger partial charge in [-0.05, 0) is 31.7 Å².